The molecule has 0 radical (unpaired) electrons. The molecule has 11 nitrogen and oxygen atoms in total. The van der Waals surface area contributed by atoms with Crippen molar-refractivity contribution < 1.29 is 42.2 Å². The third kappa shape index (κ3) is 8.05. The first-order valence-electron chi connectivity index (χ1n) is 11.4. The van der Waals surface area contributed by atoms with Crippen LogP contribution in [0.2, 0.25) is 0 Å². The van der Waals surface area contributed by atoms with E-state index in [1.807, 2.05) is 0 Å². The van der Waals surface area contributed by atoms with Crippen molar-refractivity contribution in [3.05, 3.63) is 113 Å². The number of methoxy groups -OCH3 is 2. The average molecular weight is 552 g/mol. The maximum Gasteiger partial charge on any atom is 0.728 e. The largest absolute Gasteiger partial charge is 0.872 e. The summed E-state index contributed by atoms with van der Waals surface area (Å²) in [5, 5.41) is 20.4. The van der Waals surface area contributed by atoms with Gasteiger partial charge in [0, 0.05) is 18.2 Å². The van der Waals surface area contributed by atoms with Crippen LogP contribution in [0.25, 0.3) is 0 Å². The summed E-state index contributed by atoms with van der Waals surface area (Å²) in [7, 11) is -0.842. The topological polar surface area (TPSA) is 141 Å². The third-order valence-electron chi connectivity index (χ3n) is 5.08. The quantitative estimate of drug-likeness (QED) is 0.122. The number of aromatic nitrogens is 1. The number of benzene rings is 3. The molecule has 3 aromatic carbocycles. The van der Waals surface area contributed by atoms with E-state index in [1.54, 1.807) is 74.9 Å². The highest BCUT2D eigenvalue weighted by Crippen LogP contribution is 2.44. The predicted octanol–water partition coefficient (Wildman–Crippen LogP) is 4.98. The van der Waals surface area contributed by atoms with Crippen LogP contribution in [0.3, 0.4) is 0 Å². The first-order valence-corrected chi connectivity index (χ1v) is 12.8. The van der Waals surface area contributed by atoms with Crippen LogP contribution in [0.4, 0.5) is 5.69 Å². The van der Waals surface area contributed by atoms with Crippen LogP contribution in [0.1, 0.15) is 17.3 Å². The van der Waals surface area contributed by atoms with Gasteiger partial charge in [-0.3, -0.25) is 14.9 Å². The van der Waals surface area contributed by atoms with Gasteiger partial charge < -0.3 is 23.6 Å². The minimum atomic E-state index is -3.95. The van der Waals surface area contributed by atoms with Gasteiger partial charge in [0.15, 0.2) is 18.2 Å². The first kappa shape index (κ1) is 28.7. The standard InChI is InChI=1S/C21H21NO6P.C6H5NO3/c1-16(23)17-5-4-14-22(15-17)29(24,27-20-10-6-18(25-2)7-11-20)28-21-12-8-19(26-3)9-13-21;8-6-3-1-5(2-4-6)7(9)10/h4-15H,1-3H3;1-4,8H/q+1;/p-1. The van der Waals surface area contributed by atoms with Crippen LogP contribution in [0, 0.1) is 10.1 Å². The van der Waals surface area contributed by atoms with Crippen LogP contribution in [-0.2, 0) is 4.57 Å². The summed E-state index contributed by atoms with van der Waals surface area (Å²) in [5.74, 6) is 1.53. The van der Waals surface area contributed by atoms with Crippen LogP contribution in [0.15, 0.2) is 97.3 Å². The summed E-state index contributed by atoms with van der Waals surface area (Å²) >= 11 is 0. The summed E-state index contributed by atoms with van der Waals surface area (Å²) in [6.45, 7) is 1.43. The molecule has 0 spiro atoms. The Labute approximate surface area is 224 Å². The van der Waals surface area contributed by atoms with Crippen molar-refractivity contribution in [1.29, 1.82) is 0 Å². The second kappa shape index (κ2) is 13.1. The lowest BCUT2D eigenvalue weighted by Crippen LogP contribution is -2.36. The summed E-state index contributed by atoms with van der Waals surface area (Å²) in [6, 6.07) is 21.2. The minimum absolute atomic E-state index is 0.0559. The van der Waals surface area contributed by atoms with Crippen molar-refractivity contribution in [2.45, 2.75) is 6.92 Å². The van der Waals surface area contributed by atoms with E-state index in [-0.39, 0.29) is 17.2 Å². The molecule has 1 heterocycles. The fraction of sp³-hybridized carbons (Fsp3) is 0.111. The molecule has 1 aromatic heterocycles. The first-order chi connectivity index (χ1) is 18.6. The SMILES string of the molecule is COc1ccc(OP(=O)(Oc2ccc(OC)cc2)[n+]2cccc(C(C)=O)c2)cc1.O=[N+]([O-])c1ccc([O-])cc1. The number of Topliss-reactive ketones (excluding diaryl/α,β-unsaturated/α-hetero) is 1. The molecule has 0 bridgehead atoms. The van der Waals surface area contributed by atoms with E-state index >= 15 is 0 Å². The molecule has 0 atom stereocenters. The molecule has 0 aliphatic carbocycles. The molecule has 12 heteroatoms. The van der Waals surface area contributed by atoms with Crippen LogP contribution < -0.4 is 28.0 Å². The number of carbonyl (C=O) groups is 1. The molecular formula is C27H25N2O9P. The fourth-order valence-corrected chi connectivity index (χ4v) is 4.55. The molecular weight excluding hydrogens is 527 g/mol. The van der Waals surface area contributed by atoms with E-state index in [0.717, 1.165) is 12.1 Å². The number of hydrogen-bond donors (Lipinski definition) is 0. The molecule has 0 aliphatic heterocycles. The molecule has 4 rings (SSSR count). The molecule has 0 aliphatic rings. The molecule has 0 saturated heterocycles. The van der Waals surface area contributed by atoms with E-state index in [0.29, 0.717) is 28.6 Å². The third-order valence-corrected chi connectivity index (χ3v) is 6.78. The minimum Gasteiger partial charge on any atom is -0.872 e. The fourth-order valence-electron chi connectivity index (χ4n) is 3.04. The molecule has 0 saturated carbocycles. The Morgan fingerprint density at radius 3 is 1.67 bits per heavy atom. The van der Waals surface area contributed by atoms with Crippen LogP contribution in [-0.4, -0.2) is 24.9 Å². The van der Waals surface area contributed by atoms with Gasteiger partial charge >= 0.3 is 7.75 Å². The zero-order valence-electron chi connectivity index (χ0n) is 21.3. The van der Waals surface area contributed by atoms with Crippen LogP contribution in [0.5, 0.6) is 28.7 Å². The molecule has 0 fully saturated rings. The number of hydrogen-bond acceptors (Lipinski definition) is 9. The maximum absolute atomic E-state index is 13.8. The van der Waals surface area contributed by atoms with Crippen molar-refractivity contribution in [2.24, 2.45) is 0 Å². The number of nitro benzene ring substituents is 1. The number of rotatable bonds is 9. The zero-order valence-corrected chi connectivity index (χ0v) is 22.1. The lowest BCUT2D eigenvalue weighted by atomic mass is 10.2. The Kier molecular flexibility index (Phi) is 9.61. The Morgan fingerprint density at radius 2 is 1.26 bits per heavy atom. The normalized spacial score (nSPS) is 10.4. The van der Waals surface area contributed by atoms with E-state index < -0.39 is 12.7 Å². The smallest absolute Gasteiger partial charge is 0.728 e. The number of nitro groups is 1. The highest BCUT2D eigenvalue weighted by Gasteiger charge is 2.42. The molecule has 202 valence electrons. The average Bonchev–Trinajstić information content (AvgIpc) is 2.94. The number of ether oxygens (including phenoxy) is 2. The molecule has 0 N–H and O–H groups in total. The van der Waals surface area contributed by atoms with Gasteiger partial charge in [0.25, 0.3) is 5.69 Å². The van der Waals surface area contributed by atoms with Gasteiger partial charge in [-0.25, -0.2) is 0 Å². The number of non-ortho nitro benzene ring substituents is 1. The van der Waals surface area contributed by atoms with Crippen molar-refractivity contribution in [1.82, 2.24) is 0 Å². The Morgan fingerprint density at radius 1 is 0.795 bits per heavy atom. The maximum atomic E-state index is 13.8. The zero-order chi connectivity index (χ0) is 28.4. The number of nitrogens with zero attached hydrogens (tertiary/aromatic N) is 2. The van der Waals surface area contributed by atoms with E-state index in [2.05, 4.69) is 0 Å². The highest BCUT2D eigenvalue weighted by atomic mass is 31.2. The van der Waals surface area contributed by atoms with Crippen molar-refractivity contribution in [3.8, 4) is 28.7 Å². The molecule has 0 unspecified atom stereocenters. The van der Waals surface area contributed by atoms with E-state index in [4.69, 9.17) is 18.5 Å². The van der Waals surface area contributed by atoms with Gasteiger partial charge in [-0.2, -0.15) is 4.57 Å². The van der Waals surface area contributed by atoms with Crippen molar-refractivity contribution in [3.63, 3.8) is 0 Å². The van der Waals surface area contributed by atoms with Gasteiger partial charge in [-0.05, 0) is 61.5 Å². The van der Waals surface area contributed by atoms with Crippen molar-refractivity contribution in [2.75, 3.05) is 14.2 Å². The second-order valence-electron chi connectivity index (χ2n) is 7.78. The Bertz CT molecular complexity index is 1400. The summed E-state index contributed by atoms with van der Waals surface area (Å²) in [4.78, 5) is 21.2. The van der Waals surface area contributed by atoms with Crippen LogP contribution >= 0.6 is 7.75 Å². The number of carbonyl (C=O) groups excluding carboxylic acids is 1. The lowest BCUT2D eigenvalue weighted by Gasteiger charge is -2.14. The van der Waals surface area contributed by atoms with Gasteiger partial charge in [0.05, 0.1) is 24.7 Å². The summed E-state index contributed by atoms with van der Waals surface area (Å²) < 4.78 is 36.9. The van der Waals surface area contributed by atoms with Gasteiger partial charge in [0.2, 0.25) is 0 Å². The number of pyridine rings is 1. The molecule has 39 heavy (non-hydrogen) atoms. The monoisotopic (exact) mass is 552 g/mol. The van der Waals surface area contributed by atoms with Gasteiger partial charge in [-0.1, -0.05) is 16.5 Å². The predicted molar refractivity (Wildman–Crippen MR) is 139 cm³/mol. The van der Waals surface area contributed by atoms with E-state index in [1.165, 1.54) is 35.8 Å². The highest BCUT2D eigenvalue weighted by molar-refractivity contribution is 7.47. The van der Waals surface area contributed by atoms with E-state index in [9.17, 15) is 24.6 Å². The lowest BCUT2D eigenvalue weighted by molar-refractivity contribution is -0.536. The molecule has 0 amide bonds. The van der Waals surface area contributed by atoms with Gasteiger partial charge in [0.1, 0.15) is 23.0 Å². The summed E-state index contributed by atoms with van der Waals surface area (Å²) in [5.41, 5.74) is 0.323. The summed E-state index contributed by atoms with van der Waals surface area (Å²) in [6.07, 6.45) is 2.97. The van der Waals surface area contributed by atoms with Crippen molar-refractivity contribution >= 4 is 19.2 Å². The number of ketones is 1. The Hall–Kier alpha value is -4.89. The second-order valence-corrected chi connectivity index (χ2v) is 9.55. The Balaban J connectivity index is 0.000000353. The van der Waals surface area contributed by atoms with Gasteiger partial charge in [-0.15, -0.1) is 5.75 Å². The molecule has 4 aromatic rings.